The first-order chi connectivity index (χ1) is 8.16. The summed E-state index contributed by atoms with van der Waals surface area (Å²) < 4.78 is 0.979. The molecule has 17 heavy (non-hydrogen) atoms. The van der Waals surface area contributed by atoms with Gasteiger partial charge in [0.2, 0.25) is 0 Å². The summed E-state index contributed by atoms with van der Waals surface area (Å²) in [5, 5.41) is 2.03. The molecule has 1 heterocycles. The van der Waals surface area contributed by atoms with Crippen LogP contribution in [0, 0.1) is 6.92 Å². The van der Waals surface area contributed by atoms with Crippen LogP contribution in [0.5, 0.6) is 0 Å². The molecule has 1 aromatic carbocycles. The van der Waals surface area contributed by atoms with Gasteiger partial charge in [-0.1, -0.05) is 15.9 Å². The SMILES string of the molecule is Cc1ccsc1C=CC(=O)c1ccc(Br)cc1. The van der Waals surface area contributed by atoms with Crippen molar-refractivity contribution in [3.05, 3.63) is 62.3 Å². The zero-order chi connectivity index (χ0) is 12.3. The Morgan fingerprint density at radius 2 is 1.94 bits per heavy atom. The second-order valence-corrected chi connectivity index (χ2v) is 5.54. The Hall–Kier alpha value is -1.19. The maximum atomic E-state index is 11.9. The molecule has 0 N–H and O–H groups in total. The van der Waals surface area contributed by atoms with E-state index in [0.29, 0.717) is 5.56 Å². The van der Waals surface area contributed by atoms with E-state index in [9.17, 15) is 4.79 Å². The van der Waals surface area contributed by atoms with E-state index in [1.165, 1.54) is 5.56 Å². The Labute approximate surface area is 113 Å². The fourth-order valence-electron chi connectivity index (χ4n) is 1.42. The first-order valence-corrected chi connectivity index (χ1v) is 6.86. The number of carbonyl (C=O) groups is 1. The minimum atomic E-state index is 0.0327. The van der Waals surface area contributed by atoms with Gasteiger partial charge < -0.3 is 0 Å². The lowest BCUT2D eigenvalue weighted by molar-refractivity contribution is 0.104. The molecule has 1 nitrogen and oxygen atoms in total. The molecule has 0 amide bonds. The van der Waals surface area contributed by atoms with Crippen molar-refractivity contribution in [2.24, 2.45) is 0 Å². The van der Waals surface area contributed by atoms with Gasteiger partial charge in [0.1, 0.15) is 0 Å². The number of hydrogen-bond acceptors (Lipinski definition) is 2. The van der Waals surface area contributed by atoms with E-state index < -0.39 is 0 Å². The van der Waals surface area contributed by atoms with E-state index >= 15 is 0 Å². The second kappa shape index (κ2) is 5.43. The van der Waals surface area contributed by atoms with Crippen molar-refractivity contribution in [1.29, 1.82) is 0 Å². The molecule has 0 aliphatic carbocycles. The average molecular weight is 307 g/mol. The number of hydrogen-bond donors (Lipinski definition) is 0. The number of ketones is 1. The van der Waals surface area contributed by atoms with Crippen molar-refractivity contribution in [3.63, 3.8) is 0 Å². The summed E-state index contributed by atoms with van der Waals surface area (Å²) in [6, 6.07) is 9.43. The maximum Gasteiger partial charge on any atom is 0.185 e. The van der Waals surface area contributed by atoms with Crippen molar-refractivity contribution in [3.8, 4) is 0 Å². The first-order valence-electron chi connectivity index (χ1n) is 5.19. The normalized spacial score (nSPS) is 10.9. The third-order valence-electron chi connectivity index (χ3n) is 2.42. The lowest BCUT2D eigenvalue weighted by Crippen LogP contribution is -1.92. The van der Waals surface area contributed by atoms with E-state index in [4.69, 9.17) is 0 Å². The van der Waals surface area contributed by atoms with Crippen LogP contribution in [0.2, 0.25) is 0 Å². The number of allylic oxidation sites excluding steroid dienone is 1. The van der Waals surface area contributed by atoms with Gasteiger partial charge in [0.05, 0.1) is 0 Å². The highest BCUT2D eigenvalue weighted by Crippen LogP contribution is 2.18. The highest BCUT2D eigenvalue weighted by Gasteiger charge is 2.01. The molecule has 0 saturated heterocycles. The standard InChI is InChI=1S/C14H11BrOS/c1-10-8-9-17-14(10)7-6-13(16)11-2-4-12(15)5-3-11/h2-9H,1H3. The van der Waals surface area contributed by atoms with Crippen LogP contribution >= 0.6 is 27.3 Å². The molecule has 3 heteroatoms. The Balaban J connectivity index is 2.14. The summed E-state index contributed by atoms with van der Waals surface area (Å²) in [7, 11) is 0. The molecule has 1 aromatic heterocycles. The molecule has 2 rings (SSSR count). The van der Waals surface area contributed by atoms with E-state index in [2.05, 4.69) is 22.0 Å². The number of thiophene rings is 1. The molecular weight excluding hydrogens is 296 g/mol. The van der Waals surface area contributed by atoms with E-state index in [0.717, 1.165) is 9.35 Å². The Kier molecular flexibility index (Phi) is 3.92. The highest BCUT2D eigenvalue weighted by molar-refractivity contribution is 9.10. The summed E-state index contributed by atoms with van der Waals surface area (Å²) in [5.74, 6) is 0.0327. The van der Waals surface area contributed by atoms with Gasteiger partial charge in [-0.25, -0.2) is 0 Å². The molecule has 0 aliphatic heterocycles. The molecule has 0 fully saturated rings. The van der Waals surface area contributed by atoms with Crippen molar-refractivity contribution in [2.75, 3.05) is 0 Å². The topological polar surface area (TPSA) is 17.1 Å². The van der Waals surface area contributed by atoms with Crippen LogP contribution in [0.3, 0.4) is 0 Å². The van der Waals surface area contributed by atoms with Gasteiger partial charge in [-0.05, 0) is 60.4 Å². The molecular formula is C14H11BrOS. The number of halogens is 1. The molecule has 0 radical (unpaired) electrons. The van der Waals surface area contributed by atoms with Crippen molar-refractivity contribution in [1.82, 2.24) is 0 Å². The van der Waals surface area contributed by atoms with E-state index in [1.54, 1.807) is 17.4 Å². The number of rotatable bonds is 3. The summed E-state index contributed by atoms with van der Waals surface area (Å²) in [4.78, 5) is 13.0. The third kappa shape index (κ3) is 3.14. The molecule has 0 saturated carbocycles. The first kappa shape index (κ1) is 12.3. The predicted molar refractivity (Wildman–Crippen MR) is 76.6 cm³/mol. The Bertz CT molecular complexity index is 552. The van der Waals surface area contributed by atoms with Crippen LogP contribution in [0.1, 0.15) is 20.8 Å². The lowest BCUT2D eigenvalue weighted by Gasteiger charge is -1.95. The molecule has 0 aliphatic rings. The number of aryl methyl sites for hydroxylation is 1. The quantitative estimate of drug-likeness (QED) is 0.592. The van der Waals surface area contributed by atoms with Gasteiger partial charge in [0.25, 0.3) is 0 Å². The molecule has 2 aromatic rings. The van der Waals surface area contributed by atoms with Gasteiger partial charge >= 0.3 is 0 Å². The molecule has 0 unspecified atom stereocenters. The fourth-order valence-corrected chi connectivity index (χ4v) is 2.50. The Morgan fingerprint density at radius 3 is 2.53 bits per heavy atom. The number of benzene rings is 1. The van der Waals surface area contributed by atoms with Gasteiger partial charge in [0, 0.05) is 14.9 Å². The van der Waals surface area contributed by atoms with Crippen LogP contribution in [-0.4, -0.2) is 5.78 Å². The van der Waals surface area contributed by atoms with Crippen LogP contribution in [0.15, 0.2) is 46.3 Å². The smallest absolute Gasteiger partial charge is 0.185 e. The minimum absolute atomic E-state index is 0.0327. The number of carbonyl (C=O) groups excluding carboxylic acids is 1. The van der Waals surface area contributed by atoms with Crippen LogP contribution < -0.4 is 0 Å². The van der Waals surface area contributed by atoms with Crippen LogP contribution in [-0.2, 0) is 0 Å². The lowest BCUT2D eigenvalue weighted by atomic mass is 10.1. The van der Waals surface area contributed by atoms with Crippen molar-refractivity contribution >= 4 is 39.1 Å². The Morgan fingerprint density at radius 1 is 1.24 bits per heavy atom. The summed E-state index contributed by atoms with van der Waals surface area (Å²) in [6.07, 6.45) is 3.51. The third-order valence-corrected chi connectivity index (χ3v) is 3.93. The largest absolute Gasteiger partial charge is 0.289 e. The maximum absolute atomic E-state index is 11.9. The predicted octanol–water partition coefficient (Wildman–Crippen LogP) is 4.72. The van der Waals surface area contributed by atoms with Crippen LogP contribution in [0.4, 0.5) is 0 Å². The average Bonchev–Trinajstić information content (AvgIpc) is 2.73. The molecule has 0 atom stereocenters. The zero-order valence-electron chi connectivity index (χ0n) is 9.31. The van der Waals surface area contributed by atoms with E-state index in [-0.39, 0.29) is 5.78 Å². The minimum Gasteiger partial charge on any atom is -0.289 e. The van der Waals surface area contributed by atoms with Gasteiger partial charge in [0.15, 0.2) is 5.78 Å². The van der Waals surface area contributed by atoms with Gasteiger partial charge in [-0.15, -0.1) is 11.3 Å². The van der Waals surface area contributed by atoms with E-state index in [1.807, 2.05) is 42.6 Å². The zero-order valence-corrected chi connectivity index (χ0v) is 11.7. The fraction of sp³-hybridized carbons (Fsp3) is 0.0714. The molecule has 0 bridgehead atoms. The summed E-state index contributed by atoms with van der Waals surface area (Å²) in [5.41, 5.74) is 1.91. The van der Waals surface area contributed by atoms with Crippen LogP contribution in [0.25, 0.3) is 6.08 Å². The summed E-state index contributed by atoms with van der Waals surface area (Å²) >= 11 is 4.99. The van der Waals surface area contributed by atoms with Gasteiger partial charge in [-0.3, -0.25) is 4.79 Å². The molecule has 86 valence electrons. The van der Waals surface area contributed by atoms with Crippen molar-refractivity contribution < 1.29 is 4.79 Å². The van der Waals surface area contributed by atoms with Gasteiger partial charge in [-0.2, -0.15) is 0 Å². The monoisotopic (exact) mass is 306 g/mol. The molecule has 0 spiro atoms. The highest BCUT2D eigenvalue weighted by atomic mass is 79.9. The second-order valence-electron chi connectivity index (χ2n) is 3.67. The summed E-state index contributed by atoms with van der Waals surface area (Å²) in [6.45, 7) is 2.04. The van der Waals surface area contributed by atoms with Crippen molar-refractivity contribution in [2.45, 2.75) is 6.92 Å².